The van der Waals surface area contributed by atoms with Crippen molar-refractivity contribution in [3.63, 3.8) is 0 Å². The van der Waals surface area contributed by atoms with Crippen molar-refractivity contribution < 1.29 is 29.9 Å². The summed E-state index contributed by atoms with van der Waals surface area (Å²) in [6.07, 6.45) is 0. The molecule has 0 radical (unpaired) electrons. The van der Waals surface area contributed by atoms with Crippen LogP contribution >= 0.6 is 0 Å². The van der Waals surface area contributed by atoms with E-state index in [0.29, 0.717) is 0 Å². The predicted octanol–water partition coefficient (Wildman–Crippen LogP) is 0.411. The fourth-order valence-corrected chi connectivity index (χ4v) is 1.20. The van der Waals surface area contributed by atoms with Gasteiger partial charge in [-0.25, -0.2) is 4.79 Å². The molecule has 1 rings (SSSR count). The van der Waals surface area contributed by atoms with E-state index < -0.39 is 22.1 Å². The zero-order valence-electron chi connectivity index (χ0n) is 9.45. The first-order chi connectivity index (χ1) is 6.40. The maximum absolute atomic E-state index is 10.6. The fourth-order valence-electron chi connectivity index (χ4n) is 0.829. The maximum atomic E-state index is 10.6. The molecule has 0 saturated carbocycles. The fraction of sp³-hybridized carbons (Fsp3) is 0. The van der Waals surface area contributed by atoms with Gasteiger partial charge in [-0.1, -0.05) is 12.1 Å². The molecule has 8 heteroatoms. The summed E-state index contributed by atoms with van der Waals surface area (Å²) >= 11 is 0. The molecule has 0 saturated heterocycles. The Balaban J connectivity index is -0.000000653. The van der Waals surface area contributed by atoms with E-state index in [1.54, 1.807) is 0 Å². The summed E-state index contributed by atoms with van der Waals surface area (Å²) < 4.78 is 33.0. The molecule has 0 atom stereocenters. The third-order valence-corrected chi connectivity index (χ3v) is 1.70. The summed E-state index contributed by atoms with van der Waals surface area (Å²) in [7, 11) is -4.70. The van der Waals surface area contributed by atoms with Gasteiger partial charge in [-0.15, -0.1) is 0 Å². The molecule has 2 N–H and O–H groups in total. The Bertz CT molecular complexity index is 463. The van der Waals surface area contributed by atoms with Gasteiger partial charge in [0.05, 0.1) is 0 Å². The molecular weight excluding hydrogens is 236 g/mol. The van der Waals surface area contributed by atoms with E-state index in [9.17, 15) is 13.2 Å². The minimum atomic E-state index is -4.70. The van der Waals surface area contributed by atoms with Crippen LogP contribution in [0.5, 0.6) is 5.75 Å². The van der Waals surface area contributed by atoms with Crippen molar-refractivity contribution in [1.29, 1.82) is 0 Å². The molecule has 1 aromatic carbocycles. The van der Waals surface area contributed by atoms with Crippen molar-refractivity contribution in [3.05, 3.63) is 29.8 Å². The number of aromatic carboxylic acids is 1. The number of carbonyl (C=O) groups is 1. The van der Waals surface area contributed by atoms with Gasteiger partial charge in [0.25, 0.3) is 0 Å². The number of hydrogen-bond acceptors (Lipinski definition) is 4. The number of rotatable bonds is 3. The standard InChI is InChI=1S/C7H6O6S.Mg.2H/c8-7(9)5-3-1-2-4-6(5)13-14(10,11)12;;;/h1-4H,(H,8,9)(H,10,11,12);;;/q;+2;2*-1. The van der Waals surface area contributed by atoms with Crippen LogP contribution in [-0.2, 0) is 10.4 Å². The van der Waals surface area contributed by atoms with E-state index in [1.807, 2.05) is 0 Å². The van der Waals surface area contributed by atoms with E-state index in [1.165, 1.54) is 12.1 Å². The summed E-state index contributed by atoms with van der Waals surface area (Å²) in [5.41, 5.74) is -0.342. The normalized spacial score (nSPS) is 10.2. The molecule has 80 valence electrons. The van der Waals surface area contributed by atoms with Crippen molar-refractivity contribution in [2.45, 2.75) is 0 Å². The van der Waals surface area contributed by atoms with Crippen LogP contribution in [0.1, 0.15) is 13.2 Å². The smallest absolute Gasteiger partial charge is 1.00 e. The molecule has 0 unspecified atom stereocenters. The molecule has 0 heterocycles. The van der Waals surface area contributed by atoms with E-state index in [2.05, 4.69) is 4.18 Å². The molecule has 0 aliphatic carbocycles. The van der Waals surface area contributed by atoms with Gasteiger partial charge < -0.3 is 12.1 Å². The second-order valence-electron chi connectivity index (χ2n) is 2.31. The molecule has 0 spiro atoms. The Morgan fingerprint density at radius 1 is 1.33 bits per heavy atom. The minimum Gasteiger partial charge on any atom is -1.00 e. The minimum absolute atomic E-state index is 0. The van der Waals surface area contributed by atoms with E-state index >= 15 is 0 Å². The molecule has 6 nitrogen and oxygen atoms in total. The van der Waals surface area contributed by atoms with Crippen molar-refractivity contribution in [2.24, 2.45) is 0 Å². The summed E-state index contributed by atoms with van der Waals surface area (Å²) in [6, 6.07) is 5.06. The third kappa shape index (κ3) is 4.47. The second kappa shape index (κ2) is 5.31. The van der Waals surface area contributed by atoms with Gasteiger partial charge in [0, 0.05) is 0 Å². The maximum Gasteiger partial charge on any atom is 2.00 e. The monoisotopic (exact) mass is 244 g/mol. The van der Waals surface area contributed by atoms with Crippen molar-refractivity contribution in [1.82, 2.24) is 0 Å². The van der Waals surface area contributed by atoms with Crippen molar-refractivity contribution in [3.8, 4) is 5.75 Å². The first-order valence-corrected chi connectivity index (χ1v) is 4.76. The first-order valence-electron chi connectivity index (χ1n) is 3.39. The van der Waals surface area contributed by atoms with Crippen molar-refractivity contribution in [2.75, 3.05) is 0 Å². The predicted molar refractivity (Wildman–Crippen MR) is 53.6 cm³/mol. The largest absolute Gasteiger partial charge is 2.00 e. The Labute approximate surface area is 105 Å². The van der Waals surface area contributed by atoms with E-state index in [0.717, 1.165) is 12.1 Å². The molecule has 0 aliphatic heterocycles. The first kappa shape index (κ1) is 14.2. The van der Waals surface area contributed by atoms with E-state index in [4.69, 9.17) is 9.66 Å². The number of para-hydroxylation sites is 1. The number of benzene rings is 1. The van der Waals surface area contributed by atoms with Gasteiger partial charge in [0.15, 0.2) is 5.75 Å². The number of hydrogen-bond donors (Lipinski definition) is 2. The topological polar surface area (TPSA) is 101 Å². The van der Waals surface area contributed by atoms with E-state index in [-0.39, 0.29) is 31.5 Å². The molecule has 0 aromatic heterocycles. The molecule has 0 amide bonds. The number of carboxylic acid groups (broad SMARTS) is 1. The van der Waals surface area contributed by atoms with Crippen LogP contribution in [0.15, 0.2) is 24.3 Å². The summed E-state index contributed by atoms with van der Waals surface area (Å²) in [4.78, 5) is 10.6. The Morgan fingerprint density at radius 2 is 1.87 bits per heavy atom. The van der Waals surface area contributed by atoms with Crippen LogP contribution in [-0.4, -0.2) is 47.1 Å². The van der Waals surface area contributed by atoms with Crippen LogP contribution in [0.25, 0.3) is 0 Å². The second-order valence-corrected chi connectivity index (χ2v) is 3.33. The molecule has 0 fully saturated rings. The van der Waals surface area contributed by atoms with Gasteiger partial charge in [-0.2, -0.15) is 8.42 Å². The summed E-state index contributed by atoms with van der Waals surface area (Å²) in [5, 5.41) is 8.61. The van der Waals surface area contributed by atoms with Gasteiger partial charge in [0.1, 0.15) is 5.56 Å². The Hall–Kier alpha value is -0.834. The average molecular weight is 245 g/mol. The van der Waals surface area contributed by atoms with Crippen molar-refractivity contribution >= 4 is 39.4 Å². The van der Waals surface area contributed by atoms with Crippen LogP contribution in [0, 0.1) is 0 Å². The van der Waals surface area contributed by atoms with Crippen LogP contribution < -0.4 is 4.18 Å². The quantitative estimate of drug-likeness (QED) is 0.590. The van der Waals surface area contributed by atoms with Gasteiger partial charge in [-0.05, 0) is 12.1 Å². The molecule has 1 aromatic rings. The Morgan fingerprint density at radius 3 is 2.33 bits per heavy atom. The molecular formula is C7H8MgO6S. The zero-order valence-corrected chi connectivity index (χ0v) is 9.68. The van der Waals surface area contributed by atoms with Crippen LogP contribution in [0.4, 0.5) is 0 Å². The summed E-state index contributed by atoms with van der Waals surface area (Å²) in [6.45, 7) is 0. The Kier molecular flexibility index (Phi) is 5.01. The van der Waals surface area contributed by atoms with Gasteiger partial charge in [-0.3, -0.25) is 4.55 Å². The zero-order chi connectivity index (χ0) is 10.8. The van der Waals surface area contributed by atoms with Gasteiger partial charge in [0.2, 0.25) is 0 Å². The molecule has 15 heavy (non-hydrogen) atoms. The molecule has 0 aliphatic rings. The van der Waals surface area contributed by atoms with Gasteiger partial charge >= 0.3 is 39.4 Å². The molecule has 0 bridgehead atoms. The SMILES string of the molecule is O=C(O)c1ccccc1OS(=O)(=O)O.[H-].[H-].[Mg+2]. The summed E-state index contributed by atoms with van der Waals surface area (Å²) in [5.74, 6) is -1.77. The van der Waals surface area contributed by atoms with Crippen LogP contribution in [0.3, 0.4) is 0 Å². The average Bonchev–Trinajstić information content (AvgIpc) is 2.01. The number of carboxylic acids is 1. The van der Waals surface area contributed by atoms with Crippen LogP contribution in [0.2, 0.25) is 0 Å². The third-order valence-electron chi connectivity index (χ3n) is 1.31.